The van der Waals surface area contributed by atoms with E-state index in [0.717, 1.165) is 42.8 Å². The second-order valence-electron chi connectivity index (χ2n) is 8.31. The Morgan fingerprint density at radius 1 is 1.10 bits per heavy atom. The topological polar surface area (TPSA) is 44.9 Å². The van der Waals surface area contributed by atoms with Crippen LogP contribution in [0.3, 0.4) is 0 Å². The Hall–Kier alpha value is -2.36. The standard InChI is InChI=1S/C25H25ClN2O/c26-19-7-8-20-21-12-16(6-9-22(21)28-23(20)15-19)13-25(29)24-14-18(10-11-27-24)17-4-2-1-3-5-17/h1-5,7-8,10,15-16,24,27-28H,6,9,11-14H2. The molecule has 0 fully saturated rings. The van der Waals surface area contributed by atoms with Gasteiger partial charge in [0, 0.05) is 34.6 Å². The molecule has 0 amide bonds. The van der Waals surface area contributed by atoms with E-state index in [2.05, 4.69) is 46.7 Å². The summed E-state index contributed by atoms with van der Waals surface area (Å²) in [6.45, 7) is 0.763. The number of carbonyl (C=O) groups is 1. The first kappa shape index (κ1) is 18.7. The quantitative estimate of drug-likeness (QED) is 0.617. The van der Waals surface area contributed by atoms with Crippen LogP contribution in [0.25, 0.3) is 16.5 Å². The van der Waals surface area contributed by atoms with E-state index in [1.807, 2.05) is 18.2 Å². The maximum absolute atomic E-state index is 13.1. The number of ketones is 1. The Bertz CT molecular complexity index is 1080. The normalized spacial score (nSPS) is 21.6. The zero-order chi connectivity index (χ0) is 19.8. The highest BCUT2D eigenvalue weighted by Gasteiger charge is 2.28. The van der Waals surface area contributed by atoms with Crippen LogP contribution in [-0.2, 0) is 17.6 Å². The summed E-state index contributed by atoms with van der Waals surface area (Å²) in [5, 5.41) is 5.43. The Labute approximate surface area is 176 Å². The van der Waals surface area contributed by atoms with Gasteiger partial charge in [0.25, 0.3) is 0 Å². The summed E-state index contributed by atoms with van der Waals surface area (Å²) in [4.78, 5) is 16.6. The molecule has 0 bridgehead atoms. The van der Waals surface area contributed by atoms with E-state index in [4.69, 9.17) is 11.6 Å². The lowest BCUT2D eigenvalue weighted by Crippen LogP contribution is -2.40. The molecule has 2 N–H and O–H groups in total. The highest BCUT2D eigenvalue weighted by atomic mass is 35.5. The predicted molar refractivity (Wildman–Crippen MR) is 119 cm³/mol. The number of fused-ring (bicyclic) bond motifs is 3. The van der Waals surface area contributed by atoms with Gasteiger partial charge in [-0.25, -0.2) is 0 Å². The summed E-state index contributed by atoms with van der Waals surface area (Å²) >= 11 is 6.15. The molecule has 4 heteroatoms. The Kier molecular flexibility index (Phi) is 5.03. The highest BCUT2D eigenvalue weighted by molar-refractivity contribution is 6.31. The molecular weight excluding hydrogens is 380 g/mol. The molecule has 2 aromatic carbocycles. The lowest BCUT2D eigenvalue weighted by atomic mass is 9.81. The van der Waals surface area contributed by atoms with Gasteiger partial charge in [0.15, 0.2) is 0 Å². The largest absolute Gasteiger partial charge is 0.358 e. The molecule has 0 spiro atoms. The molecule has 2 heterocycles. The minimum absolute atomic E-state index is 0.0709. The maximum Gasteiger partial charge on any atom is 0.150 e. The molecule has 148 valence electrons. The SMILES string of the molecule is O=C(CC1CCc2[nH]c3cc(Cl)ccc3c2C1)C1CC(c2ccccc2)=CCN1. The van der Waals surface area contributed by atoms with Gasteiger partial charge in [-0.1, -0.05) is 54.1 Å². The van der Waals surface area contributed by atoms with Crippen LogP contribution in [0.2, 0.25) is 5.02 Å². The number of H-pyrrole nitrogens is 1. The van der Waals surface area contributed by atoms with Crippen LogP contribution in [0.1, 0.15) is 36.1 Å². The molecule has 1 aliphatic carbocycles. The van der Waals surface area contributed by atoms with Crippen LogP contribution >= 0.6 is 11.6 Å². The third-order valence-corrected chi connectivity index (χ3v) is 6.65. The highest BCUT2D eigenvalue weighted by Crippen LogP contribution is 2.34. The first-order valence-electron chi connectivity index (χ1n) is 10.5. The van der Waals surface area contributed by atoms with E-state index in [1.54, 1.807) is 0 Å². The van der Waals surface area contributed by atoms with Gasteiger partial charge in [-0.3, -0.25) is 4.79 Å². The zero-order valence-electron chi connectivity index (χ0n) is 16.4. The molecule has 2 unspecified atom stereocenters. The van der Waals surface area contributed by atoms with Gasteiger partial charge in [-0.05, 0) is 60.4 Å². The average Bonchev–Trinajstić information content (AvgIpc) is 3.11. The van der Waals surface area contributed by atoms with Crippen LogP contribution in [-0.4, -0.2) is 23.4 Å². The van der Waals surface area contributed by atoms with Crippen LogP contribution in [0, 0.1) is 5.92 Å². The molecule has 2 atom stereocenters. The van der Waals surface area contributed by atoms with Crippen LogP contribution in [0.5, 0.6) is 0 Å². The van der Waals surface area contributed by atoms with Gasteiger partial charge in [-0.15, -0.1) is 0 Å². The maximum atomic E-state index is 13.1. The minimum atomic E-state index is -0.0709. The van der Waals surface area contributed by atoms with Crippen molar-refractivity contribution in [2.75, 3.05) is 6.54 Å². The first-order valence-corrected chi connectivity index (χ1v) is 10.8. The lowest BCUT2D eigenvalue weighted by Gasteiger charge is -2.27. The van der Waals surface area contributed by atoms with E-state index in [9.17, 15) is 4.79 Å². The monoisotopic (exact) mass is 404 g/mol. The van der Waals surface area contributed by atoms with Crippen LogP contribution < -0.4 is 5.32 Å². The van der Waals surface area contributed by atoms with E-state index in [0.29, 0.717) is 18.1 Å². The minimum Gasteiger partial charge on any atom is -0.358 e. The number of hydrogen-bond donors (Lipinski definition) is 2. The Morgan fingerprint density at radius 2 is 1.97 bits per heavy atom. The van der Waals surface area contributed by atoms with Crippen molar-refractivity contribution in [3.8, 4) is 0 Å². The fraction of sp³-hybridized carbons (Fsp3) is 0.320. The number of aryl methyl sites for hydroxylation is 1. The fourth-order valence-electron chi connectivity index (χ4n) is 4.89. The summed E-state index contributed by atoms with van der Waals surface area (Å²) in [6, 6.07) is 16.4. The van der Waals surface area contributed by atoms with Crippen LogP contribution in [0.4, 0.5) is 0 Å². The number of rotatable bonds is 4. The van der Waals surface area contributed by atoms with E-state index in [-0.39, 0.29) is 6.04 Å². The van der Waals surface area contributed by atoms with Gasteiger partial charge in [0.05, 0.1) is 6.04 Å². The zero-order valence-corrected chi connectivity index (χ0v) is 17.1. The lowest BCUT2D eigenvalue weighted by molar-refractivity contribution is -0.122. The molecule has 5 rings (SSSR count). The second kappa shape index (κ2) is 7.81. The van der Waals surface area contributed by atoms with Crippen molar-refractivity contribution >= 4 is 33.9 Å². The molecule has 3 nitrogen and oxygen atoms in total. The van der Waals surface area contributed by atoms with Gasteiger partial charge in [0.1, 0.15) is 5.78 Å². The summed E-state index contributed by atoms with van der Waals surface area (Å²) in [5.74, 6) is 0.764. The van der Waals surface area contributed by atoms with Crippen molar-refractivity contribution in [2.45, 2.75) is 38.1 Å². The van der Waals surface area contributed by atoms with E-state index >= 15 is 0 Å². The molecule has 29 heavy (non-hydrogen) atoms. The number of nitrogens with one attached hydrogen (secondary N) is 2. The molecule has 0 saturated carbocycles. The Balaban J connectivity index is 1.27. The molecule has 0 saturated heterocycles. The van der Waals surface area contributed by atoms with Gasteiger partial charge in [0.2, 0.25) is 0 Å². The summed E-state index contributed by atoms with van der Waals surface area (Å²) in [5.41, 5.74) is 6.31. The third kappa shape index (κ3) is 3.77. The summed E-state index contributed by atoms with van der Waals surface area (Å²) in [6.07, 6.45) is 6.69. The van der Waals surface area contributed by atoms with Crippen molar-refractivity contribution in [1.82, 2.24) is 10.3 Å². The number of hydrogen-bond acceptors (Lipinski definition) is 2. The Morgan fingerprint density at radius 3 is 2.83 bits per heavy atom. The molecular formula is C25H25ClN2O. The molecule has 2 aliphatic rings. The van der Waals surface area contributed by atoms with Crippen molar-refractivity contribution in [3.05, 3.63) is 76.5 Å². The van der Waals surface area contributed by atoms with Crippen LogP contribution in [0.15, 0.2) is 54.6 Å². The number of Topliss-reactive ketones (excluding diaryl/α,β-unsaturated/α-hetero) is 1. The van der Waals surface area contributed by atoms with Crippen molar-refractivity contribution in [3.63, 3.8) is 0 Å². The third-order valence-electron chi connectivity index (χ3n) is 6.41. The number of aromatic nitrogens is 1. The fourth-order valence-corrected chi connectivity index (χ4v) is 5.06. The number of carbonyl (C=O) groups excluding carboxylic acids is 1. The second-order valence-corrected chi connectivity index (χ2v) is 8.75. The van der Waals surface area contributed by atoms with E-state index in [1.165, 1.54) is 27.8 Å². The van der Waals surface area contributed by atoms with Gasteiger partial charge in [-0.2, -0.15) is 0 Å². The molecule has 1 aromatic heterocycles. The molecule has 3 aromatic rings. The summed E-state index contributed by atoms with van der Waals surface area (Å²) < 4.78 is 0. The smallest absolute Gasteiger partial charge is 0.150 e. The predicted octanol–water partition coefficient (Wildman–Crippen LogP) is 5.33. The number of aromatic amines is 1. The number of benzene rings is 2. The molecule has 0 radical (unpaired) electrons. The summed E-state index contributed by atoms with van der Waals surface area (Å²) in [7, 11) is 0. The first-order chi connectivity index (χ1) is 14.2. The van der Waals surface area contributed by atoms with Crippen molar-refractivity contribution < 1.29 is 4.79 Å². The van der Waals surface area contributed by atoms with Gasteiger partial charge < -0.3 is 10.3 Å². The van der Waals surface area contributed by atoms with Crippen molar-refractivity contribution in [1.29, 1.82) is 0 Å². The molecule has 1 aliphatic heterocycles. The van der Waals surface area contributed by atoms with Gasteiger partial charge >= 0.3 is 0 Å². The van der Waals surface area contributed by atoms with E-state index < -0.39 is 0 Å². The van der Waals surface area contributed by atoms with Crippen molar-refractivity contribution in [2.24, 2.45) is 5.92 Å². The average molecular weight is 405 g/mol. The number of halogens is 1.